The number of amides is 1. The molecule has 0 aliphatic carbocycles. The molecule has 0 spiro atoms. The number of ether oxygens (including phenoxy) is 2. The maximum Gasteiger partial charge on any atom is 0.421 e. The quantitative estimate of drug-likeness (QED) is 0.740. The standard InChI is InChI=1S/C10H11NO3S/c1-13-9-4-2-8(3-5-9)6-11-10(12)14-7-15-11/h2-5H,6-7H2,1H3. The molecule has 1 aliphatic rings. The second-order valence-corrected chi connectivity index (χ2v) is 3.98. The third-order valence-electron chi connectivity index (χ3n) is 2.08. The summed E-state index contributed by atoms with van der Waals surface area (Å²) in [7, 11) is 1.63. The molecule has 1 fully saturated rings. The number of carbonyl (C=O) groups excluding carboxylic acids is 1. The predicted octanol–water partition coefficient (Wildman–Crippen LogP) is 2.25. The van der Waals surface area contributed by atoms with Crippen LogP contribution in [0, 0.1) is 0 Å². The summed E-state index contributed by atoms with van der Waals surface area (Å²) in [5.74, 6) is 1.23. The minimum Gasteiger partial charge on any atom is -0.497 e. The summed E-state index contributed by atoms with van der Waals surface area (Å²) in [4.78, 5) is 11.2. The Bertz CT molecular complexity index is 352. The number of carbonyl (C=O) groups is 1. The zero-order valence-electron chi connectivity index (χ0n) is 8.30. The summed E-state index contributed by atoms with van der Waals surface area (Å²) >= 11 is 1.39. The molecule has 0 N–H and O–H groups in total. The van der Waals surface area contributed by atoms with Gasteiger partial charge in [0.05, 0.1) is 13.7 Å². The summed E-state index contributed by atoms with van der Waals surface area (Å²) in [5.41, 5.74) is 1.06. The maximum absolute atomic E-state index is 11.2. The molecule has 2 rings (SSSR count). The number of hydrogen-bond acceptors (Lipinski definition) is 4. The van der Waals surface area contributed by atoms with E-state index >= 15 is 0 Å². The van der Waals surface area contributed by atoms with Gasteiger partial charge >= 0.3 is 6.09 Å². The molecule has 0 saturated carbocycles. The third-order valence-corrected chi connectivity index (χ3v) is 2.89. The van der Waals surface area contributed by atoms with Crippen LogP contribution in [0.1, 0.15) is 5.56 Å². The monoisotopic (exact) mass is 225 g/mol. The molecule has 0 unspecified atom stereocenters. The Kier molecular flexibility index (Phi) is 3.01. The van der Waals surface area contributed by atoms with Crippen LogP contribution in [0.15, 0.2) is 24.3 Å². The van der Waals surface area contributed by atoms with E-state index in [9.17, 15) is 4.79 Å². The Morgan fingerprint density at radius 1 is 1.47 bits per heavy atom. The first-order valence-electron chi connectivity index (χ1n) is 4.50. The van der Waals surface area contributed by atoms with Crippen molar-refractivity contribution in [2.75, 3.05) is 13.0 Å². The summed E-state index contributed by atoms with van der Waals surface area (Å²) in [6.45, 7) is 0.563. The van der Waals surface area contributed by atoms with Gasteiger partial charge in [-0.05, 0) is 29.6 Å². The molecule has 0 bridgehead atoms. The summed E-state index contributed by atoms with van der Waals surface area (Å²) < 4.78 is 11.5. The summed E-state index contributed by atoms with van der Waals surface area (Å²) in [5, 5.41) is 0. The average Bonchev–Trinajstić information content (AvgIpc) is 2.66. The van der Waals surface area contributed by atoms with Crippen LogP contribution in [0.3, 0.4) is 0 Å². The van der Waals surface area contributed by atoms with Crippen molar-refractivity contribution in [1.29, 1.82) is 0 Å². The molecule has 1 aromatic rings. The fourth-order valence-electron chi connectivity index (χ4n) is 1.27. The molecule has 5 heteroatoms. The topological polar surface area (TPSA) is 38.8 Å². The molecular formula is C10H11NO3S. The van der Waals surface area contributed by atoms with Gasteiger partial charge in [-0.3, -0.25) is 0 Å². The van der Waals surface area contributed by atoms with Crippen molar-refractivity contribution in [3.8, 4) is 5.75 Å². The van der Waals surface area contributed by atoms with Crippen molar-refractivity contribution in [2.24, 2.45) is 0 Å². The molecular weight excluding hydrogens is 214 g/mol. The van der Waals surface area contributed by atoms with Crippen LogP contribution in [0.25, 0.3) is 0 Å². The molecule has 1 aliphatic heterocycles. The van der Waals surface area contributed by atoms with E-state index in [1.54, 1.807) is 11.4 Å². The minimum absolute atomic E-state index is 0.268. The van der Waals surface area contributed by atoms with Gasteiger partial charge in [-0.25, -0.2) is 9.10 Å². The average molecular weight is 225 g/mol. The van der Waals surface area contributed by atoms with E-state index in [1.165, 1.54) is 11.9 Å². The first-order valence-corrected chi connectivity index (χ1v) is 5.44. The number of cyclic esters (lactones) is 1. The molecule has 1 aromatic carbocycles. The van der Waals surface area contributed by atoms with Gasteiger partial charge in [0.15, 0.2) is 5.94 Å². The van der Waals surface area contributed by atoms with E-state index in [1.807, 2.05) is 24.3 Å². The Morgan fingerprint density at radius 3 is 2.73 bits per heavy atom. The smallest absolute Gasteiger partial charge is 0.421 e. The zero-order valence-corrected chi connectivity index (χ0v) is 9.12. The molecule has 4 nitrogen and oxygen atoms in total. The highest BCUT2D eigenvalue weighted by molar-refractivity contribution is 7.97. The van der Waals surface area contributed by atoms with E-state index < -0.39 is 0 Å². The largest absolute Gasteiger partial charge is 0.497 e. The van der Waals surface area contributed by atoms with E-state index in [4.69, 9.17) is 9.47 Å². The van der Waals surface area contributed by atoms with Crippen molar-refractivity contribution in [1.82, 2.24) is 4.31 Å². The fourth-order valence-corrected chi connectivity index (χ4v) is 1.95. The second kappa shape index (κ2) is 4.44. The Morgan fingerprint density at radius 2 is 2.20 bits per heavy atom. The van der Waals surface area contributed by atoms with Gasteiger partial charge in [0.25, 0.3) is 0 Å². The van der Waals surface area contributed by atoms with Crippen LogP contribution in [0.4, 0.5) is 4.79 Å². The lowest BCUT2D eigenvalue weighted by molar-refractivity contribution is 0.158. The lowest BCUT2D eigenvalue weighted by Crippen LogP contribution is -2.16. The van der Waals surface area contributed by atoms with Gasteiger partial charge in [-0.2, -0.15) is 0 Å². The molecule has 0 atom stereocenters. The lowest BCUT2D eigenvalue weighted by Gasteiger charge is -2.10. The Hall–Kier alpha value is -1.36. The van der Waals surface area contributed by atoms with Crippen molar-refractivity contribution >= 4 is 18.0 Å². The van der Waals surface area contributed by atoms with Gasteiger partial charge in [-0.1, -0.05) is 12.1 Å². The zero-order chi connectivity index (χ0) is 10.7. The lowest BCUT2D eigenvalue weighted by atomic mass is 10.2. The SMILES string of the molecule is COc1ccc(CN2SCOC2=O)cc1. The van der Waals surface area contributed by atoms with Crippen LogP contribution in [0.5, 0.6) is 5.75 Å². The molecule has 1 heterocycles. The summed E-state index contributed by atoms with van der Waals surface area (Å²) in [6, 6.07) is 7.62. The second-order valence-electron chi connectivity index (χ2n) is 3.04. The van der Waals surface area contributed by atoms with Gasteiger partial charge in [0.1, 0.15) is 5.75 Å². The third kappa shape index (κ3) is 2.36. The van der Waals surface area contributed by atoms with E-state index in [0.29, 0.717) is 12.5 Å². The maximum atomic E-state index is 11.2. The first kappa shape index (κ1) is 10.2. The van der Waals surface area contributed by atoms with Gasteiger partial charge in [-0.15, -0.1) is 0 Å². The molecule has 0 aromatic heterocycles. The normalized spacial score (nSPS) is 15.3. The molecule has 15 heavy (non-hydrogen) atoms. The van der Waals surface area contributed by atoms with Crippen molar-refractivity contribution < 1.29 is 14.3 Å². The Balaban J connectivity index is 2.01. The number of nitrogens with zero attached hydrogens (tertiary/aromatic N) is 1. The number of hydrogen-bond donors (Lipinski definition) is 0. The summed E-state index contributed by atoms with van der Waals surface area (Å²) in [6.07, 6.45) is -0.268. The molecule has 1 amide bonds. The number of methoxy groups -OCH3 is 1. The van der Waals surface area contributed by atoms with E-state index in [2.05, 4.69) is 0 Å². The molecule has 1 saturated heterocycles. The highest BCUT2D eigenvalue weighted by Crippen LogP contribution is 2.23. The van der Waals surface area contributed by atoms with E-state index in [-0.39, 0.29) is 6.09 Å². The Labute approximate surface area is 92.3 Å². The van der Waals surface area contributed by atoms with Crippen molar-refractivity contribution in [2.45, 2.75) is 6.54 Å². The highest BCUT2D eigenvalue weighted by atomic mass is 32.2. The van der Waals surface area contributed by atoms with Crippen molar-refractivity contribution in [3.05, 3.63) is 29.8 Å². The fraction of sp³-hybridized carbons (Fsp3) is 0.300. The first-order chi connectivity index (χ1) is 7.29. The van der Waals surface area contributed by atoms with Crippen LogP contribution < -0.4 is 4.74 Å². The number of rotatable bonds is 3. The van der Waals surface area contributed by atoms with Gasteiger partial charge in [0, 0.05) is 0 Å². The van der Waals surface area contributed by atoms with Gasteiger partial charge in [0.2, 0.25) is 0 Å². The van der Waals surface area contributed by atoms with Crippen LogP contribution >= 0.6 is 11.9 Å². The van der Waals surface area contributed by atoms with Crippen LogP contribution in [-0.4, -0.2) is 23.4 Å². The van der Waals surface area contributed by atoms with Gasteiger partial charge < -0.3 is 9.47 Å². The van der Waals surface area contributed by atoms with E-state index in [0.717, 1.165) is 11.3 Å². The van der Waals surface area contributed by atoms with Crippen molar-refractivity contribution in [3.63, 3.8) is 0 Å². The van der Waals surface area contributed by atoms with Crippen LogP contribution in [0.2, 0.25) is 0 Å². The highest BCUT2D eigenvalue weighted by Gasteiger charge is 2.22. The molecule has 80 valence electrons. The predicted molar refractivity (Wildman–Crippen MR) is 57.5 cm³/mol. The number of benzene rings is 1. The minimum atomic E-state index is -0.268. The van der Waals surface area contributed by atoms with Crippen LogP contribution in [-0.2, 0) is 11.3 Å². The molecule has 0 radical (unpaired) electrons.